The molecular formula is C31H48N4O6. The smallest absolute Gasteiger partial charge is 0.408 e. The number of hydrogen-bond acceptors (Lipinski definition) is 6. The van der Waals surface area contributed by atoms with E-state index in [1.165, 1.54) is 12.8 Å². The van der Waals surface area contributed by atoms with Crippen LogP contribution in [0.25, 0.3) is 0 Å². The fraction of sp³-hybridized carbons (Fsp3) is 0.839. The average Bonchev–Trinajstić information content (AvgIpc) is 3.63. The molecule has 0 aromatic heterocycles. The Morgan fingerprint density at radius 1 is 0.976 bits per heavy atom. The molecule has 4 amide bonds. The number of amides is 4. The van der Waals surface area contributed by atoms with Gasteiger partial charge in [0.1, 0.15) is 17.7 Å². The second-order valence-corrected chi connectivity index (χ2v) is 15.0. The number of alkyl carbamates (subject to hydrolysis) is 1. The van der Waals surface area contributed by atoms with Gasteiger partial charge in [0.05, 0.1) is 6.04 Å². The summed E-state index contributed by atoms with van der Waals surface area (Å²) >= 11 is 0. The van der Waals surface area contributed by atoms with Gasteiger partial charge in [0.25, 0.3) is 5.91 Å². The van der Waals surface area contributed by atoms with E-state index in [0.29, 0.717) is 24.8 Å². The zero-order chi connectivity index (χ0) is 29.9. The van der Waals surface area contributed by atoms with Crippen LogP contribution in [0.1, 0.15) is 92.4 Å². The highest BCUT2D eigenvalue weighted by Gasteiger charge is 2.70. The maximum Gasteiger partial charge on any atom is 0.408 e. The number of rotatable bonds is 9. The van der Waals surface area contributed by atoms with Gasteiger partial charge in [-0.05, 0) is 81.0 Å². The second kappa shape index (κ2) is 10.9. The summed E-state index contributed by atoms with van der Waals surface area (Å²) in [6.07, 6.45) is 8.09. The minimum Gasteiger partial charge on any atom is -0.444 e. The van der Waals surface area contributed by atoms with Gasteiger partial charge in [0, 0.05) is 6.54 Å². The molecule has 41 heavy (non-hydrogen) atoms. The van der Waals surface area contributed by atoms with E-state index < -0.39 is 47.4 Å². The Morgan fingerprint density at radius 3 is 2.12 bits per heavy atom. The minimum absolute atomic E-state index is 0.0316. The standard InChI is InChI=1S/C31H48N4O6/c1-30(2,3)41-29(40)34-23(19-13-17-8-6-7-9-18(17)14-19)28(39)35-15-20-22(31(20,4)5)24(35)27(38)33-21(12-16-10-11-16)25(36)26(32)37/h16-24H,6-15H2,1-5H3,(H2,32,37)(H,33,38)(H,34,40)/t17?,18?,19?,20-,21?,22-,23-,24-/m0/s1. The number of carbonyl (C=O) groups is 5. The Kier molecular flexibility index (Phi) is 7.92. The lowest BCUT2D eigenvalue weighted by molar-refractivity contribution is -0.144. The molecule has 4 saturated carbocycles. The number of carbonyl (C=O) groups excluding carboxylic acids is 5. The summed E-state index contributed by atoms with van der Waals surface area (Å²) in [5.41, 5.74) is 4.46. The molecule has 4 N–H and O–H groups in total. The molecule has 1 saturated heterocycles. The third kappa shape index (κ3) is 6.26. The molecular weight excluding hydrogens is 524 g/mol. The van der Waals surface area contributed by atoms with E-state index in [2.05, 4.69) is 24.5 Å². The number of ether oxygens (including phenoxy) is 1. The fourth-order valence-corrected chi connectivity index (χ4v) is 8.21. The Hall–Kier alpha value is -2.65. The van der Waals surface area contributed by atoms with Crippen LogP contribution in [-0.4, -0.2) is 64.8 Å². The number of piperidine rings is 1. The van der Waals surface area contributed by atoms with Crippen molar-refractivity contribution in [3.05, 3.63) is 0 Å². The quantitative estimate of drug-likeness (QED) is 0.362. The van der Waals surface area contributed by atoms with Crippen molar-refractivity contribution in [1.82, 2.24) is 15.5 Å². The van der Waals surface area contributed by atoms with Crippen molar-refractivity contribution in [3.63, 3.8) is 0 Å². The average molecular weight is 573 g/mol. The number of hydrogen-bond donors (Lipinski definition) is 3. The normalized spacial score (nSPS) is 33.1. The Balaban J connectivity index is 1.38. The van der Waals surface area contributed by atoms with Gasteiger partial charge in [-0.3, -0.25) is 19.2 Å². The van der Waals surface area contributed by atoms with Crippen LogP contribution in [0.5, 0.6) is 0 Å². The van der Waals surface area contributed by atoms with Crippen LogP contribution >= 0.6 is 0 Å². The highest BCUT2D eigenvalue weighted by molar-refractivity contribution is 6.37. The summed E-state index contributed by atoms with van der Waals surface area (Å²) in [5.74, 6) is -1.12. The topological polar surface area (TPSA) is 148 Å². The van der Waals surface area contributed by atoms with Crippen molar-refractivity contribution in [2.75, 3.05) is 6.54 Å². The number of likely N-dealkylation sites (tertiary alicyclic amines) is 1. The number of primary amides is 1. The van der Waals surface area contributed by atoms with E-state index in [1.807, 2.05) is 0 Å². The number of nitrogens with one attached hydrogen (secondary N) is 2. The van der Waals surface area contributed by atoms with Crippen molar-refractivity contribution < 1.29 is 28.7 Å². The van der Waals surface area contributed by atoms with Gasteiger partial charge in [0.2, 0.25) is 17.6 Å². The third-order valence-corrected chi connectivity index (χ3v) is 10.6. The number of nitrogens with zero attached hydrogens (tertiary/aromatic N) is 1. The van der Waals surface area contributed by atoms with Gasteiger partial charge in [-0.1, -0.05) is 52.4 Å². The predicted octanol–water partition coefficient (Wildman–Crippen LogP) is 2.92. The molecule has 10 nitrogen and oxygen atoms in total. The Morgan fingerprint density at radius 2 is 1.59 bits per heavy atom. The molecule has 5 aliphatic rings. The molecule has 0 spiro atoms. The SMILES string of the molecule is CC(C)(C)OC(=O)N[C@H](C(=O)N1C[C@H]2[C@@H]([C@H]1C(=O)NC(CC1CC1)C(=O)C(N)=O)C2(C)C)C1CC2CCCCC2C1. The molecule has 4 aliphatic carbocycles. The summed E-state index contributed by atoms with van der Waals surface area (Å²) in [6, 6.07) is -2.56. The highest BCUT2D eigenvalue weighted by Crippen LogP contribution is 2.65. The predicted molar refractivity (Wildman–Crippen MR) is 151 cm³/mol. The monoisotopic (exact) mass is 572 g/mol. The number of nitrogens with two attached hydrogens (primary N) is 1. The summed E-state index contributed by atoms with van der Waals surface area (Å²) in [6.45, 7) is 9.97. The molecule has 7 atom stereocenters. The number of Topliss-reactive ketones (excluding diaryl/α,β-unsaturated/α-hetero) is 1. The zero-order valence-corrected chi connectivity index (χ0v) is 25.2. The lowest BCUT2D eigenvalue weighted by Gasteiger charge is -2.35. The van der Waals surface area contributed by atoms with Crippen molar-refractivity contribution in [2.24, 2.45) is 46.7 Å². The lowest BCUT2D eigenvalue weighted by Crippen LogP contribution is -2.59. The van der Waals surface area contributed by atoms with E-state index in [4.69, 9.17) is 10.5 Å². The first kappa shape index (κ1) is 29.8. The van der Waals surface area contributed by atoms with E-state index in [1.54, 1.807) is 25.7 Å². The molecule has 1 aliphatic heterocycles. The minimum atomic E-state index is -1.07. The van der Waals surface area contributed by atoms with Gasteiger partial charge < -0.3 is 26.0 Å². The first-order valence-electron chi connectivity index (χ1n) is 15.6. The number of fused-ring (bicyclic) bond motifs is 2. The second-order valence-electron chi connectivity index (χ2n) is 15.0. The van der Waals surface area contributed by atoms with Gasteiger partial charge >= 0.3 is 6.09 Å². The Labute approximate surface area is 243 Å². The third-order valence-electron chi connectivity index (χ3n) is 10.6. The van der Waals surface area contributed by atoms with Crippen LogP contribution in [0, 0.1) is 40.9 Å². The maximum atomic E-state index is 14.4. The summed E-state index contributed by atoms with van der Waals surface area (Å²) in [4.78, 5) is 67.2. The summed E-state index contributed by atoms with van der Waals surface area (Å²) < 4.78 is 5.56. The van der Waals surface area contributed by atoms with Crippen LogP contribution in [0.15, 0.2) is 0 Å². The summed E-state index contributed by atoms with van der Waals surface area (Å²) in [7, 11) is 0. The van der Waals surface area contributed by atoms with Crippen LogP contribution in [-0.2, 0) is 23.9 Å². The van der Waals surface area contributed by atoms with E-state index >= 15 is 0 Å². The van der Waals surface area contributed by atoms with Gasteiger partial charge in [-0.2, -0.15) is 0 Å². The van der Waals surface area contributed by atoms with Crippen molar-refractivity contribution in [3.8, 4) is 0 Å². The highest BCUT2D eigenvalue weighted by atomic mass is 16.6. The van der Waals surface area contributed by atoms with Gasteiger partial charge in [-0.15, -0.1) is 0 Å². The van der Waals surface area contributed by atoms with Crippen LogP contribution < -0.4 is 16.4 Å². The molecule has 228 valence electrons. The molecule has 5 rings (SSSR count). The maximum absolute atomic E-state index is 14.4. The van der Waals surface area contributed by atoms with Crippen LogP contribution in [0.3, 0.4) is 0 Å². The number of ketones is 1. The Bertz CT molecular complexity index is 1080. The molecule has 3 unspecified atom stereocenters. The first-order valence-corrected chi connectivity index (χ1v) is 15.6. The lowest BCUT2D eigenvalue weighted by atomic mass is 9.82. The fourth-order valence-electron chi connectivity index (χ4n) is 8.21. The van der Waals surface area contributed by atoms with E-state index in [-0.39, 0.29) is 35.0 Å². The molecule has 0 aromatic carbocycles. The van der Waals surface area contributed by atoms with Gasteiger partial charge in [0.15, 0.2) is 0 Å². The van der Waals surface area contributed by atoms with Crippen molar-refractivity contribution >= 4 is 29.6 Å². The molecule has 10 heteroatoms. The molecule has 1 heterocycles. The van der Waals surface area contributed by atoms with Crippen molar-refractivity contribution in [2.45, 2.75) is 116 Å². The van der Waals surface area contributed by atoms with Crippen molar-refractivity contribution in [1.29, 1.82) is 0 Å². The first-order chi connectivity index (χ1) is 19.2. The van der Waals surface area contributed by atoms with Gasteiger partial charge in [-0.25, -0.2) is 4.79 Å². The summed E-state index contributed by atoms with van der Waals surface area (Å²) in [5, 5.41) is 5.74. The molecule has 0 aromatic rings. The molecule has 0 bridgehead atoms. The van der Waals surface area contributed by atoms with E-state index in [0.717, 1.165) is 38.5 Å². The van der Waals surface area contributed by atoms with E-state index in [9.17, 15) is 24.0 Å². The van der Waals surface area contributed by atoms with Crippen LogP contribution in [0.4, 0.5) is 4.79 Å². The molecule has 0 radical (unpaired) electrons. The molecule has 5 fully saturated rings. The van der Waals surface area contributed by atoms with Crippen LogP contribution in [0.2, 0.25) is 0 Å². The largest absolute Gasteiger partial charge is 0.444 e. The zero-order valence-electron chi connectivity index (χ0n) is 25.2.